The number of hydrogen-bond donors (Lipinski definition) is 1. The molecule has 1 saturated heterocycles. The number of nitrogens with one attached hydrogen (secondary N) is 1. The number of ether oxygens (including phenoxy) is 1. The highest BCUT2D eigenvalue weighted by Gasteiger charge is 2.24. The Morgan fingerprint density at radius 3 is 2.69 bits per heavy atom. The molecule has 3 heteroatoms. The lowest BCUT2D eigenvalue weighted by atomic mass is 9.89. The van der Waals surface area contributed by atoms with Crippen LogP contribution in [-0.4, -0.2) is 20.3 Å². The second-order valence-electron chi connectivity index (χ2n) is 4.30. The summed E-state index contributed by atoms with van der Waals surface area (Å²) in [5.74, 6) is 0.597. The quantitative estimate of drug-likeness (QED) is 0.920. The van der Waals surface area contributed by atoms with Crippen LogP contribution >= 0.6 is 15.9 Å². The molecule has 0 aromatic heterocycles. The maximum Gasteiger partial charge on any atom is 0.0512 e. The van der Waals surface area contributed by atoms with Gasteiger partial charge < -0.3 is 10.1 Å². The molecule has 1 fully saturated rings. The molecule has 0 spiro atoms. The van der Waals surface area contributed by atoms with Gasteiger partial charge >= 0.3 is 0 Å². The van der Waals surface area contributed by atoms with E-state index in [0.717, 1.165) is 17.7 Å². The van der Waals surface area contributed by atoms with E-state index in [4.69, 9.17) is 4.74 Å². The minimum absolute atomic E-state index is 0.411. The predicted octanol–water partition coefficient (Wildman–Crippen LogP) is 3.14. The summed E-state index contributed by atoms with van der Waals surface area (Å²) in [5, 5.41) is 3.41. The van der Waals surface area contributed by atoms with Crippen LogP contribution < -0.4 is 5.32 Å². The summed E-state index contributed by atoms with van der Waals surface area (Å²) in [5.41, 5.74) is 1.35. The highest BCUT2D eigenvalue weighted by molar-refractivity contribution is 9.10. The van der Waals surface area contributed by atoms with Crippen LogP contribution in [0.4, 0.5) is 0 Å². The van der Waals surface area contributed by atoms with Gasteiger partial charge in [0.25, 0.3) is 0 Å². The summed E-state index contributed by atoms with van der Waals surface area (Å²) < 4.78 is 6.69. The van der Waals surface area contributed by atoms with Crippen molar-refractivity contribution in [2.45, 2.75) is 18.9 Å². The fourth-order valence-corrected chi connectivity index (χ4v) is 2.64. The molecular weight excluding hydrogens is 266 g/mol. The Kier molecular flexibility index (Phi) is 4.38. The Morgan fingerprint density at radius 1 is 1.38 bits per heavy atom. The van der Waals surface area contributed by atoms with Crippen molar-refractivity contribution in [3.8, 4) is 0 Å². The van der Waals surface area contributed by atoms with Crippen LogP contribution in [0.5, 0.6) is 0 Å². The van der Waals surface area contributed by atoms with E-state index in [9.17, 15) is 0 Å². The van der Waals surface area contributed by atoms with Gasteiger partial charge in [-0.1, -0.05) is 28.1 Å². The number of benzene rings is 1. The normalized spacial score (nSPS) is 23.0. The van der Waals surface area contributed by atoms with Crippen LogP contribution in [0.15, 0.2) is 28.7 Å². The first kappa shape index (κ1) is 12.1. The molecule has 0 aliphatic carbocycles. The lowest BCUT2D eigenvalue weighted by Gasteiger charge is -2.30. The molecular formula is C13H18BrNO. The van der Waals surface area contributed by atoms with Crippen LogP contribution in [0.2, 0.25) is 0 Å². The zero-order valence-corrected chi connectivity index (χ0v) is 11.2. The van der Waals surface area contributed by atoms with E-state index >= 15 is 0 Å². The molecule has 1 aliphatic rings. The van der Waals surface area contributed by atoms with Crippen LogP contribution in [0, 0.1) is 5.92 Å². The van der Waals surface area contributed by atoms with Gasteiger partial charge in [0, 0.05) is 23.0 Å². The summed E-state index contributed by atoms with van der Waals surface area (Å²) in [6.45, 7) is 1.80. The third-order valence-corrected chi connectivity index (χ3v) is 3.74. The maximum atomic E-state index is 5.56. The molecule has 0 saturated carbocycles. The van der Waals surface area contributed by atoms with E-state index in [0.29, 0.717) is 12.0 Å². The SMILES string of the molecule is CNC(c1ccc(Br)cc1)C1CCCOC1. The minimum Gasteiger partial charge on any atom is -0.381 e. The van der Waals surface area contributed by atoms with Crippen molar-refractivity contribution in [2.75, 3.05) is 20.3 Å². The third kappa shape index (κ3) is 2.84. The Balaban J connectivity index is 2.11. The molecule has 0 radical (unpaired) electrons. The summed E-state index contributed by atoms with van der Waals surface area (Å²) in [4.78, 5) is 0. The van der Waals surface area contributed by atoms with E-state index in [1.165, 1.54) is 18.4 Å². The second kappa shape index (κ2) is 5.80. The molecule has 2 rings (SSSR count). The standard InChI is InChI=1S/C13H18BrNO/c1-15-13(11-3-2-8-16-9-11)10-4-6-12(14)7-5-10/h4-7,11,13,15H,2-3,8-9H2,1H3. The van der Waals surface area contributed by atoms with Gasteiger partial charge in [-0.05, 0) is 37.6 Å². The molecule has 0 amide bonds. The highest BCUT2D eigenvalue weighted by Crippen LogP contribution is 2.29. The van der Waals surface area contributed by atoms with E-state index in [1.807, 2.05) is 7.05 Å². The van der Waals surface area contributed by atoms with Crippen LogP contribution in [0.3, 0.4) is 0 Å². The first-order valence-electron chi connectivity index (χ1n) is 5.81. The Labute approximate surface area is 106 Å². The fourth-order valence-electron chi connectivity index (χ4n) is 2.37. The summed E-state index contributed by atoms with van der Waals surface area (Å²) >= 11 is 3.47. The Bertz CT molecular complexity index is 319. The van der Waals surface area contributed by atoms with Crippen LogP contribution in [-0.2, 0) is 4.74 Å². The highest BCUT2D eigenvalue weighted by atomic mass is 79.9. The summed E-state index contributed by atoms with van der Waals surface area (Å²) in [6, 6.07) is 8.97. The average molecular weight is 284 g/mol. The molecule has 88 valence electrons. The zero-order valence-electron chi connectivity index (χ0n) is 9.58. The van der Waals surface area contributed by atoms with E-state index in [1.54, 1.807) is 0 Å². The Hall–Kier alpha value is -0.380. The molecule has 1 heterocycles. The zero-order chi connectivity index (χ0) is 11.4. The molecule has 2 atom stereocenters. The maximum absolute atomic E-state index is 5.56. The molecule has 1 aliphatic heterocycles. The van der Waals surface area contributed by atoms with Crippen molar-refractivity contribution >= 4 is 15.9 Å². The van der Waals surface area contributed by atoms with Crippen molar-refractivity contribution in [2.24, 2.45) is 5.92 Å². The van der Waals surface area contributed by atoms with Gasteiger partial charge in [-0.3, -0.25) is 0 Å². The smallest absolute Gasteiger partial charge is 0.0512 e. The summed E-state index contributed by atoms with van der Waals surface area (Å²) in [6.07, 6.45) is 2.43. The first-order chi connectivity index (χ1) is 7.81. The van der Waals surface area contributed by atoms with Gasteiger partial charge in [-0.25, -0.2) is 0 Å². The first-order valence-corrected chi connectivity index (χ1v) is 6.61. The van der Waals surface area contributed by atoms with Gasteiger partial charge in [0.05, 0.1) is 6.61 Å². The average Bonchev–Trinajstić information content (AvgIpc) is 2.34. The van der Waals surface area contributed by atoms with Gasteiger partial charge in [0.1, 0.15) is 0 Å². The molecule has 2 unspecified atom stereocenters. The molecule has 1 aromatic rings. The topological polar surface area (TPSA) is 21.3 Å². The van der Waals surface area contributed by atoms with Crippen molar-refractivity contribution < 1.29 is 4.74 Å². The molecule has 1 N–H and O–H groups in total. The fraction of sp³-hybridized carbons (Fsp3) is 0.538. The van der Waals surface area contributed by atoms with Gasteiger partial charge in [-0.2, -0.15) is 0 Å². The Morgan fingerprint density at radius 2 is 2.12 bits per heavy atom. The second-order valence-corrected chi connectivity index (χ2v) is 5.21. The van der Waals surface area contributed by atoms with Gasteiger partial charge in [0.2, 0.25) is 0 Å². The number of halogens is 1. The van der Waals surface area contributed by atoms with E-state index in [-0.39, 0.29) is 0 Å². The van der Waals surface area contributed by atoms with Crippen molar-refractivity contribution in [3.63, 3.8) is 0 Å². The monoisotopic (exact) mass is 283 g/mol. The minimum atomic E-state index is 0.411. The van der Waals surface area contributed by atoms with Gasteiger partial charge in [0.15, 0.2) is 0 Å². The van der Waals surface area contributed by atoms with Crippen LogP contribution in [0.1, 0.15) is 24.4 Å². The number of hydrogen-bond acceptors (Lipinski definition) is 2. The van der Waals surface area contributed by atoms with Crippen molar-refractivity contribution in [3.05, 3.63) is 34.3 Å². The lowest BCUT2D eigenvalue weighted by molar-refractivity contribution is 0.0402. The number of rotatable bonds is 3. The third-order valence-electron chi connectivity index (χ3n) is 3.21. The lowest BCUT2D eigenvalue weighted by Crippen LogP contribution is -2.31. The van der Waals surface area contributed by atoms with Crippen LogP contribution in [0.25, 0.3) is 0 Å². The molecule has 1 aromatic carbocycles. The summed E-state index contributed by atoms with van der Waals surface area (Å²) in [7, 11) is 2.03. The molecule has 16 heavy (non-hydrogen) atoms. The largest absolute Gasteiger partial charge is 0.381 e. The van der Waals surface area contributed by atoms with E-state index in [2.05, 4.69) is 45.5 Å². The van der Waals surface area contributed by atoms with Crippen molar-refractivity contribution in [1.82, 2.24) is 5.32 Å². The van der Waals surface area contributed by atoms with Gasteiger partial charge in [-0.15, -0.1) is 0 Å². The predicted molar refractivity (Wildman–Crippen MR) is 69.5 cm³/mol. The molecule has 2 nitrogen and oxygen atoms in total. The van der Waals surface area contributed by atoms with E-state index < -0.39 is 0 Å². The molecule has 0 bridgehead atoms. The van der Waals surface area contributed by atoms with Crippen molar-refractivity contribution in [1.29, 1.82) is 0 Å².